The van der Waals surface area contributed by atoms with E-state index >= 15 is 0 Å². The van der Waals surface area contributed by atoms with Crippen LogP contribution in [0.1, 0.15) is 44.2 Å². The van der Waals surface area contributed by atoms with E-state index in [0.29, 0.717) is 32.3 Å². The fourth-order valence-electron chi connectivity index (χ4n) is 5.82. The Bertz CT molecular complexity index is 1130. The van der Waals surface area contributed by atoms with E-state index in [2.05, 4.69) is 16.0 Å². The zero-order chi connectivity index (χ0) is 27.7. The van der Waals surface area contributed by atoms with E-state index in [4.69, 9.17) is 9.47 Å². The third kappa shape index (κ3) is 5.32. The number of hydrogen-bond acceptors (Lipinski definition) is 8. The lowest BCUT2D eigenvalue weighted by atomic mass is 9.98. The Kier molecular flexibility index (Phi) is 7.79. The van der Waals surface area contributed by atoms with Gasteiger partial charge in [0.2, 0.25) is 17.7 Å². The highest BCUT2D eigenvalue weighted by molar-refractivity contribution is 5.95. The van der Waals surface area contributed by atoms with Crippen LogP contribution >= 0.6 is 0 Å². The van der Waals surface area contributed by atoms with Crippen LogP contribution in [0, 0.1) is 0 Å². The first-order chi connectivity index (χ1) is 18.7. The molecule has 212 valence electrons. The van der Waals surface area contributed by atoms with Crippen molar-refractivity contribution in [3.05, 3.63) is 29.8 Å². The lowest BCUT2D eigenvalue weighted by molar-refractivity contribution is -0.201. The molecule has 0 aliphatic carbocycles. The summed E-state index contributed by atoms with van der Waals surface area (Å²) in [6, 6.07) is 4.76. The molecular weight excluding hydrogens is 506 g/mol. The van der Waals surface area contributed by atoms with E-state index in [0.717, 1.165) is 11.3 Å². The van der Waals surface area contributed by atoms with E-state index in [1.807, 2.05) is 24.3 Å². The van der Waals surface area contributed by atoms with Gasteiger partial charge in [0.15, 0.2) is 5.60 Å². The van der Waals surface area contributed by atoms with Gasteiger partial charge in [0.1, 0.15) is 17.8 Å². The number of amides is 4. The van der Waals surface area contributed by atoms with E-state index in [9.17, 15) is 24.3 Å². The molecule has 12 nitrogen and oxygen atoms in total. The summed E-state index contributed by atoms with van der Waals surface area (Å²) in [7, 11) is 1.64. The number of nitrogens with zero attached hydrogens (tertiary/aromatic N) is 2. The second-order valence-corrected chi connectivity index (χ2v) is 10.9. The Morgan fingerprint density at radius 3 is 2.56 bits per heavy atom. The molecule has 1 aromatic carbocycles. The van der Waals surface area contributed by atoms with Crippen molar-refractivity contribution in [2.24, 2.45) is 0 Å². The van der Waals surface area contributed by atoms with Crippen LogP contribution in [0.3, 0.4) is 0 Å². The van der Waals surface area contributed by atoms with E-state index in [-0.39, 0.29) is 44.3 Å². The van der Waals surface area contributed by atoms with Crippen LogP contribution in [0.5, 0.6) is 5.75 Å². The number of fused-ring (bicyclic) bond motifs is 2. The molecule has 3 saturated heterocycles. The number of aliphatic hydroxyl groups is 1. The highest BCUT2D eigenvalue weighted by Gasteiger charge is 2.50. The second-order valence-electron chi connectivity index (χ2n) is 10.9. The molecular formula is C27H37N5O7. The molecule has 0 radical (unpaired) electrons. The minimum absolute atomic E-state index is 0.1000. The molecule has 5 atom stereocenters. The molecule has 0 bridgehead atoms. The first-order valence-electron chi connectivity index (χ1n) is 13.6. The summed E-state index contributed by atoms with van der Waals surface area (Å²) in [5.74, 6) is -0.816. The van der Waals surface area contributed by atoms with Crippen molar-refractivity contribution < 1.29 is 33.8 Å². The Morgan fingerprint density at radius 1 is 1.08 bits per heavy atom. The molecule has 0 spiro atoms. The number of nitrogens with one attached hydrogen (secondary N) is 3. The van der Waals surface area contributed by atoms with Crippen molar-refractivity contribution in [2.45, 2.75) is 68.4 Å². The van der Waals surface area contributed by atoms with Crippen molar-refractivity contribution in [1.82, 2.24) is 25.8 Å². The van der Waals surface area contributed by atoms with Crippen LogP contribution in [-0.4, -0.2) is 108 Å². The van der Waals surface area contributed by atoms with E-state index in [1.54, 1.807) is 18.9 Å². The number of likely N-dealkylation sites (N-methyl/N-ethyl adjacent to an activating group) is 1. The summed E-state index contributed by atoms with van der Waals surface area (Å²) in [5.41, 5.74) is -0.712. The van der Waals surface area contributed by atoms with Gasteiger partial charge in [-0.15, -0.1) is 0 Å². The maximum Gasteiger partial charge on any atom is 0.259 e. The van der Waals surface area contributed by atoms with Gasteiger partial charge in [0, 0.05) is 24.6 Å². The van der Waals surface area contributed by atoms with Crippen LogP contribution in [0.25, 0.3) is 0 Å². The van der Waals surface area contributed by atoms with Gasteiger partial charge in [-0.25, -0.2) is 0 Å². The van der Waals surface area contributed by atoms with Gasteiger partial charge in [0.25, 0.3) is 5.91 Å². The number of hydrogen-bond donors (Lipinski definition) is 4. The van der Waals surface area contributed by atoms with Gasteiger partial charge < -0.3 is 40.3 Å². The summed E-state index contributed by atoms with van der Waals surface area (Å²) in [4.78, 5) is 56.6. The molecule has 4 heterocycles. The number of rotatable bonds is 6. The summed E-state index contributed by atoms with van der Waals surface area (Å²) < 4.78 is 10.8. The Morgan fingerprint density at radius 2 is 1.85 bits per heavy atom. The zero-order valence-corrected chi connectivity index (χ0v) is 22.4. The second kappa shape index (κ2) is 11.1. The van der Waals surface area contributed by atoms with Crippen molar-refractivity contribution in [1.29, 1.82) is 0 Å². The monoisotopic (exact) mass is 543 g/mol. The molecule has 0 unspecified atom stereocenters. The molecule has 4 aliphatic rings. The molecule has 5 rings (SSSR count). The number of carbonyl (C=O) groups excluding carboxylic acids is 4. The Labute approximate surface area is 227 Å². The number of para-hydroxylation sites is 1. The molecule has 39 heavy (non-hydrogen) atoms. The van der Waals surface area contributed by atoms with Gasteiger partial charge in [-0.3, -0.25) is 19.2 Å². The van der Waals surface area contributed by atoms with Crippen LogP contribution in [0.4, 0.5) is 0 Å². The predicted molar refractivity (Wildman–Crippen MR) is 139 cm³/mol. The smallest absolute Gasteiger partial charge is 0.259 e. The van der Waals surface area contributed by atoms with Crippen LogP contribution < -0.4 is 20.7 Å². The summed E-state index contributed by atoms with van der Waals surface area (Å²) in [6.07, 6.45) is 2.16. The third-order valence-corrected chi connectivity index (χ3v) is 8.28. The quantitative estimate of drug-likeness (QED) is 0.360. The molecule has 4 aliphatic heterocycles. The fraction of sp³-hybridized carbons (Fsp3) is 0.630. The van der Waals surface area contributed by atoms with Gasteiger partial charge >= 0.3 is 0 Å². The minimum Gasteiger partial charge on any atom is -0.493 e. The van der Waals surface area contributed by atoms with Crippen LogP contribution in [0.15, 0.2) is 24.3 Å². The van der Waals surface area contributed by atoms with Gasteiger partial charge in [-0.05, 0) is 39.3 Å². The highest BCUT2D eigenvalue weighted by Crippen LogP contribution is 2.34. The first-order valence-corrected chi connectivity index (χ1v) is 13.6. The largest absolute Gasteiger partial charge is 0.493 e. The average molecular weight is 544 g/mol. The average Bonchev–Trinajstić information content (AvgIpc) is 3.35. The number of benzene rings is 1. The third-order valence-electron chi connectivity index (χ3n) is 8.28. The summed E-state index contributed by atoms with van der Waals surface area (Å²) >= 11 is 0. The van der Waals surface area contributed by atoms with Crippen molar-refractivity contribution in [3.8, 4) is 5.75 Å². The normalized spacial score (nSPS) is 28.5. The summed E-state index contributed by atoms with van der Waals surface area (Å²) in [6.45, 7) is 2.13. The summed E-state index contributed by atoms with van der Waals surface area (Å²) in [5, 5.41) is 19.4. The van der Waals surface area contributed by atoms with Crippen molar-refractivity contribution >= 4 is 23.6 Å². The predicted octanol–water partition coefficient (Wildman–Crippen LogP) is -0.928. The van der Waals surface area contributed by atoms with E-state index < -0.39 is 41.4 Å². The molecule has 0 aromatic heterocycles. The van der Waals surface area contributed by atoms with Crippen molar-refractivity contribution in [3.63, 3.8) is 0 Å². The molecule has 0 saturated carbocycles. The van der Waals surface area contributed by atoms with Gasteiger partial charge in [-0.2, -0.15) is 0 Å². The maximum absolute atomic E-state index is 14.0. The number of carbonyl (C=O) groups is 4. The lowest BCUT2D eigenvalue weighted by Crippen LogP contribution is -2.66. The molecule has 4 N–H and O–H groups in total. The molecule has 3 fully saturated rings. The molecule has 12 heteroatoms. The molecule has 1 aromatic rings. The van der Waals surface area contributed by atoms with Crippen molar-refractivity contribution in [2.75, 3.05) is 40.0 Å². The fourth-order valence-corrected chi connectivity index (χ4v) is 5.82. The standard InChI is InChI=1S/C27H37N5O7/c1-16(28-2)23(33)30-20-13-31(26(36)27(37)14-38-15-27)11-9-17-7-8-21(32(17)25(20)35)24(34)29-19-10-12-39-22-6-4-3-5-18(19)22/h3-6,16-17,19-21,28,37H,7-15H2,1-2H3,(H,29,34)(H,30,33)/t16-,17+,19+,20-,21-/m0/s1. The Hall–Kier alpha value is -3.22. The molecule has 4 amide bonds. The van der Waals surface area contributed by atoms with Crippen LogP contribution in [0.2, 0.25) is 0 Å². The highest BCUT2D eigenvalue weighted by atomic mass is 16.5. The van der Waals surface area contributed by atoms with Gasteiger partial charge in [0.05, 0.1) is 38.4 Å². The minimum atomic E-state index is -1.62. The van der Waals surface area contributed by atoms with Crippen LogP contribution in [-0.2, 0) is 23.9 Å². The van der Waals surface area contributed by atoms with E-state index in [1.165, 1.54) is 4.90 Å². The SMILES string of the molecule is CN[C@@H](C)C(=O)N[C@H]1CN(C(=O)C2(O)COC2)CC[C@H]2CC[C@@H](C(=O)N[C@@H]3CCOc4ccccc43)N2C1=O. The Balaban J connectivity index is 1.36. The maximum atomic E-state index is 14.0. The van der Waals surface area contributed by atoms with Gasteiger partial charge in [-0.1, -0.05) is 18.2 Å². The first kappa shape index (κ1) is 27.4. The lowest BCUT2D eigenvalue weighted by Gasteiger charge is -2.43. The zero-order valence-electron chi connectivity index (χ0n) is 22.4. The topological polar surface area (TPSA) is 150 Å². The number of ether oxygens (including phenoxy) is 2.